The second kappa shape index (κ2) is 8.50. The normalized spacial score (nSPS) is 17.3. The molecular weight excluding hydrogens is 272 g/mol. The minimum absolute atomic E-state index is 0.725. The Morgan fingerprint density at radius 1 is 1.10 bits per heavy atom. The number of para-hydroxylation sites is 1. The van der Waals surface area contributed by atoms with Crippen molar-refractivity contribution >= 4 is 11.6 Å². The number of piperazine rings is 1. The first-order valence-electron chi connectivity index (χ1n) is 7.55. The van der Waals surface area contributed by atoms with E-state index in [1.165, 1.54) is 5.56 Å². The molecule has 1 fully saturated rings. The van der Waals surface area contributed by atoms with Crippen molar-refractivity contribution in [3.8, 4) is 5.75 Å². The Morgan fingerprint density at radius 3 is 2.50 bits per heavy atom. The second-order valence-corrected chi connectivity index (χ2v) is 5.58. The van der Waals surface area contributed by atoms with Crippen LogP contribution in [0.1, 0.15) is 18.9 Å². The molecule has 0 N–H and O–H groups in total. The molecule has 2 rings (SSSR count). The zero-order chi connectivity index (χ0) is 14.2. The largest absolute Gasteiger partial charge is 0.494 e. The van der Waals surface area contributed by atoms with Crippen LogP contribution >= 0.6 is 11.6 Å². The summed E-state index contributed by atoms with van der Waals surface area (Å²) >= 11 is 5.75. The van der Waals surface area contributed by atoms with Crippen LogP contribution in [0.25, 0.3) is 0 Å². The molecule has 0 bridgehead atoms. The van der Waals surface area contributed by atoms with Crippen molar-refractivity contribution in [2.45, 2.75) is 19.9 Å². The maximum absolute atomic E-state index is 5.75. The highest BCUT2D eigenvalue weighted by molar-refractivity contribution is 6.17. The van der Waals surface area contributed by atoms with Gasteiger partial charge in [-0.3, -0.25) is 4.90 Å². The van der Waals surface area contributed by atoms with E-state index in [9.17, 15) is 0 Å². The summed E-state index contributed by atoms with van der Waals surface area (Å²) in [7, 11) is 0. The quantitative estimate of drug-likeness (QED) is 0.720. The summed E-state index contributed by atoms with van der Waals surface area (Å²) in [5.74, 6) is 1.79. The van der Waals surface area contributed by atoms with E-state index >= 15 is 0 Å². The molecule has 1 aliphatic rings. The molecule has 1 heterocycles. The molecule has 1 saturated heterocycles. The first-order valence-corrected chi connectivity index (χ1v) is 8.08. The lowest BCUT2D eigenvalue weighted by atomic mass is 10.1. The topological polar surface area (TPSA) is 15.7 Å². The molecule has 1 aliphatic heterocycles. The van der Waals surface area contributed by atoms with Gasteiger partial charge in [-0.1, -0.05) is 18.2 Å². The van der Waals surface area contributed by atoms with Crippen LogP contribution in [-0.2, 0) is 6.54 Å². The number of benzene rings is 1. The van der Waals surface area contributed by atoms with Crippen molar-refractivity contribution in [2.24, 2.45) is 0 Å². The van der Waals surface area contributed by atoms with Crippen LogP contribution in [0.3, 0.4) is 0 Å². The van der Waals surface area contributed by atoms with Crippen LogP contribution in [0, 0.1) is 0 Å². The van der Waals surface area contributed by atoms with Gasteiger partial charge in [0.1, 0.15) is 5.75 Å². The van der Waals surface area contributed by atoms with Gasteiger partial charge >= 0.3 is 0 Å². The number of alkyl halides is 1. The Morgan fingerprint density at radius 2 is 1.80 bits per heavy atom. The van der Waals surface area contributed by atoms with E-state index in [0.29, 0.717) is 0 Å². The second-order valence-electron chi connectivity index (χ2n) is 5.20. The van der Waals surface area contributed by atoms with Crippen LogP contribution < -0.4 is 4.74 Å². The van der Waals surface area contributed by atoms with Crippen LogP contribution in [-0.4, -0.2) is 55.0 Å². The molecule has 0 atom stereocenters. The van der Waals surface area contributed by atoms with E-state index in [1.807, 2.05) is 13.0 Å². The van der Waals surface area contributed by atoms with Crippen molar-refractivity contribution in [3.63, 3.8) is 0 Å². The molecule has 0 aliphatic carbocycles. The Kier molecular flexibility index (Phi) is 6.64. The van der Waals surface area contributed by atoms with Crippen molar-refractivity contribution in [1.29, 1.82) is 0 Å². The molecule has 20 heavy (non-hydrogen) atoms. The fourth-order valence-corrected chi connectivity index (χ4v) is 2.75. The summed E-state index contributed by atoms with van der Waals surface area (Å²) in [4.78, 5) is 5.02. The Hall–Kier alpha value is -0.770. The van der Waals surface area contributed by atoms with E-state index in [2.05, 4.69) is 28.0 Å². The van der Waals surface area contributed by atoms with Gasteiger partial charge in [0.15, 0.2) is 0 Å². The zero-order valence-corrected chi connectivity index (χ0v) is 13.1. The molecule has 0 saturated carbocycles. The third-order valence-corrected chi connectivity index (χ3v) is 4.01. The average Bonchev–Trinajstić information content (AvgIpc) is 2.49. The van der Waals surface area contributed by atoms with Crippen molar-refractivity contribution in [3.05, 3.63) is 29.8 Å². The molecule has 0 unspecified atom stereocenters. The monoisotopic (exact) mass is 296 g/mol. The van der Waals surface area contributed by atoms with Crippen molar-refractivity contribution in [2.75, 3.05) is 45.2 Å². The molecule has 1 aromatic rings. The van der Waals surface area contributed by atoms with Gasteiger partial charge in [0.05, 0.1) is 6.61 Å². The van der Waals surface area contributed by atoms with Gasteiger partial charge in [0.25, 0.3) is 0 Å². The van der Waals surface area contributed by atoms with E-state index in [-0.39, 0.29) is 0 Å². The Balaban J connectivity index is 1.83. The summed E-state index contributed by atoms with van der Waals surface area (Å²) in [6.07, 6.45) is 1.09. The highest BCUT2D eigenvalue weighted by atomic mass is 35.5. The highest BCUT2D eigenvalue weighted by Gasteiger charge is 2.17. The van der Waals surface area contributed by atoms with Crippen LogP contribution in [0.4, 0.5) is 0 Å². The Bertz CT molecular complexity index is 392. The third kappa shape index (κ3) is 4.65. The number of hydrogen-bond donors (Lipinski definition) is 0. The minimum Gasteiger partial charge on any atom is -0.494 e. The lowest BCUT2D eigenvalue weighted by molar-refractivity contribution is 0.126. The predicted octanol–water partition coefficient (Wildman–Crippen LogP) is 2.83. The number of hydrogen-bond acceptors (Lipinski definition) is 3. The summed E-state index contributed by atoms with van der Waals surface area (Å²) < 4.78 is 5.70. The molecule has 3 nitrogen and oxygen atoms in total. The zero-order valence-electron chi connectivity index (χ0n) is 12.4. The smallest absolute Gasteiger partial charge is 0.123 e. The van der Waals surface area contributed by atoms with Gasteiger partial charge in [-0.25, -0.2) is 0 Å². The summed E-state index contributed by atoms with van der Waals surface area (Å²) in [6.45, 7) is 9.43. The molecule has 0 spiro atoms. The Labute approximate surface area is 127 Å². The van der Waals surface area contributed by atoms with E-state index in [0.717, 1.165) is 63.9 Å². The number of halogens is 1. The lowest BCUT2D eigenvalue weighted by Gasteiger charge is -2.34. The third-order valence-electron chi connectivity index (χ3n) is 3.74. The maximum Gasteiger partial charge on any atom is 0.123 e. The molecule has 0 radical (unpaired) electrons. The minimum atomic E-state index is 0.725. The molecule has 1 aromatic carbocycles. The molecule has 0 amide bonds. The molecule has 0 aromatic heterocycles. The summed E-state index contributed by atoms with van der Waals surface area (Å²) in [5, 5.41) is 0. The van der Waals surface area contributed by atoms with E-state index in [1.54, 1.807) is 0 Å². The van der Waals surface area contributed by atoms with Gasteiger partial charge in [0, 0.05) is 44.2 Å². The fraction of sp³-hybridized carbons (Fsp3) is 0.625. The predicted molar refractivity (Wildman–Crippen MR) is 84.7 cm³/mol. The van der Waals surface area contributed by atoms with E-state index in [4.69, 9.17) is 16.3 Å². The standard InChI is InChI=1S/C16H25ClN2O/c1-2-20-16-7-4-3-6-15(16)14-19-12-10-18(11-13-19)9-5-8-17/h3-4,6-7H,2,5,8-14H2,1H3. The maximum atomic E-state index is 5.75. The van der Waals surface area contributed by atoms with Gasteiger partial charge < -0.3 is 9.64 Å². The van der Waals surface area contributed by atoms with Gasteiger partial charge in [-0.15, -0.1) is 11.6 Å². The lowest BCUT2D eigenvalue weighted by Crippen LogP contribution is -2.46. The molecule has 112 valence electrons. The number of ether oxygens (including phenoxy) is 1. The first-order chi connectivity index (χ1) is 9.83. The van der Waals surface area contributed by atoms with Crippen LogP contribution in [0.15, 0.2) is 24.3 Å². The number of rotatable bonds is 7. The van der Waals surface area contributed by atoms with Gasteiger partial charge in [0.2, 0.25) is 0 Å². The van der Waals surface area contributed by atoms with Crippen LogP contribution in [0.5, 0.6) is 5.75 Å². The van der Waals surface area contributed by atoms with E-state index < -0.39 is 0 Å². The van der Waals surface area contributed by atoms with Crippen LogP contribution in [0.2, 0.25) is 0 Å². The van der Waals surface area contributed by atoms with Crippen molar-refractivity contribution in [1.82, 2.24) is 9.80 Å². The summed E-state index contributed by atoms with van der Waals surface area (Å²) in [6, 6.07) is 8.37. The molecular formula is C16H25ClN2O. The van der Waals surface area contributed by atoms with Gasteiger partial charge in [-0.2, -0.15) is 0 Å². The van der Waals surface area contributed by atoms with Crippen molar-refractivity contribution < 1.29 is 4.74 Å². The van der Waals surface area contributed by atoms with Gasteiger partial charge in [-0.05, 0) is 26.0 Å². The summed E-state index contributed by atoms with van der Waals surface area (Å²) in [5.41, 5.74) is 1.29. The first kappa shape index (κ1) is 15.6. The number of nitrogens with zero attached hydrogens (tertiary/aromatic N) is 2. The molecule has 4 heteroatoms. The SMILES string of the molecule is CCOc1ccccc1CN1CCN(CCCCl)CC1. The average molecular weight is 297 g/mol. The fourth-order valence-electron chi connectivity index (χ4n) is 2.63. The highest BCUT2D eigenvalue weighted by Crippen LogP contribution is 2.20.